The summed E-state index contributed by atoms with van der Waals surface area (Å²) in [5, 5.41) is 0. The van der Waals surface area contributed by atoms with Crippen molar-refractivity contribution in [2.24, 2.45) is 0 Å². The van der Waals surface area contributed by atoms with Gasteiger partial charge < -0.3 is 4.74 Å². The topological polar surface area (TPSA) is 43.4 Å². The fraction of sp³-hybridized carbons (Fsp3) is 0.333. The monoisotopic (exact) mass is 352 g/mol. The van der Waals surface area contributed by atoms with Gasteiger partial charge in [-0.25, -0.2) is 8.42 Å². The smallest absolute Gasteiger partial charge is 0.265 e. The lowest BCUT2D eigenvalue weighted by atomic mass is 10.2. The molecule has 0 atom stereocenters. The Bertz CT molecular complexity index is 575. The fourth-order valence-corrected chi connectivity index (χ4v) is 3.13. The van der Waals surface area contributed by atoms with Crippen LogP contribution >= 0.6 is 26.6 Å². The van der Waals surface area contributed by atoms with E-state index in [0.717, 1.165) is 5.57 Å². The minimum atomic E-state index is -3.83. The summed E-state index contributed by atoms with van der Waals surface area (Å²) in [5.74, 6) is 0.297. The molecule has 18 heavy (non-hydrogen) atoms. The highest BCUT2D eigenvalue weighted by atomic mass is 79.9. The number of allylic oxidation sites excluding steroid dienone is 1. The molecule has 0 heterocycles. The lowest BCUT2D eigenvalue weighted by molar-refractivity contribution is 0.349. The zero-order chi connectivity index (χ0) is 13.9. The zero-order valence-electron chi connectivity index (χ0n) is 10.3. The molecule has 0 aliphatic carbocycles. The average Bonchev–Trinajstić information content (AvgIpc) is 2.18. The number of benzene rings is 1. The van der Waals surface area contributed by atoms with Gasteiger partial charge in [0.25, 0.3) is 9.05 Å². The first-order valence-corrected chi connectivity index (χ1v) is 8.33. The van der Waals surface area contributed by atoms with Gasteiger partial charge in [-0.05, 0) is 44.5 Å². The quantitative estimate of drug-likeness (QED) is 0.606. The summed E-state index contributed by atoms with van der Waals surface area (Å²) in [4.78, 5) is -0.0156. The van der Waals surface area contributed by atoms with Crippen LogP contribution in [0.15, 0.2) is 33.2 Å². The van der Waals surface area contributed by atoms with Crippen LogP contribution < -0.4 is 4.74 Å². The van der Waals surface area contributed by atoms with Crippen molar-refractivity contribution in [1.29, 1.82) is 0 Å². The van der Waals surface area contributed by atoms with Crippen LogP contribution in [0.2, 0.25) is 0 Å². The number of hydrogen-bond acceptors (Lipinski definition) is 3. The highest BCUT2D eigenvalue weighted by Gasteiger charge is 2.19. The fourth-order valence-electron chi connectivity index (χ4n) is 1.36. The predicted octanol–water partition coefficient (Wildman–Crippen LogP) is 4.03. The summed E-state index contributed by atoms with van der Waals surface area (Å²) in [6, 6.07) is 3.22. The lowest BCUT2D eigenvalue weighted by Gasteiger charge is -2.12. The molecule has 0 aliphatic rings. The van der Waals surface area contributed by atoms with Gasteiger partial charge in [0.05, 0.1) is 0 Å². The Hall–Kier alpha value is -0.520. The Balaban J connectivity index is 3.21. The first-order valence-electron chi connectivity index (χ1n) is 5.23. The van der Waals surface area contributed by atoms with Crippen LogP contribution in [0.3, 0.4) is 0 Å². The SMILES string of the molecule is CC(C)=CCOc1c(C)cc(Br)cc1S(=O)(=O)Cl. The third kappa shape index (κ3) is 4.30. The number of rotatable bonds is 4. The second-order valence-corrected chi connectivity index (χ2v) is 7.53. The Morgan fingerprint density at radius 3 is 2.56 bits per heavy atom. The number of halogens is 2. The molecule has 0 N–H and O–H groups in total. The third-order valence-electron chi connectivity index (χ3n) is 2.19. The molecule has 1 aromatic rings. The summed E-state index contributed by atoms with van der Waals surface area (Å²) >= 11 is 3.24. The molecule has 1 aromatic carbocycles. The number of ether oxygens (including phenoxy) is 1. The van der Waals surface area contributed by atoms with Gasteiger partial charge in [0.2, 0.25) is 0 Å². The van der Waals surface area contributed by atoms with E-state index in [1.165, 1.54) is 6.07 Å². The van der Waals surface area contributed by atoms with Crippen LogP contribution in [0, 0.1) is 6.92 Å². The third-order valence-corrected chi connectivity index (χ3v) is 3.97. The van der Waals surface area contributed by atoms with Crippen LogP contribution in [0.25, 0.3) is 0 Å². The van der Waals surface area contributed by atoms with E-state index in [4.69, 9.17) is 15.4 Å². The van der Waals surface area contributed by atoms with Gasteiger partial charge in [-0.3, -0.25) is 0 Å². The molecular weight excluding hydrogens is 340 g/mol. The van der Waals surface area contributed by atoms with Gasteiger partial charge >= 0.3 is 0 Å². The van der Waals surface area contributed by atoms with E-state index < -0.39 is 9.05 Å². The molecule has 0 unspecified atom stereocenters. The molecule has 0 spiro atoms. The summed E-state index contributed by atoms with van der Waals surface area (Å²) < 4.78 is 29.2. The Morgan fingerprint density at radius 1 is 1.44 bits per heavy atom. The molecular formula is C12H14BrClO3S. The van der Waals surface area contributed by atoms with Crippen molar-refractivity contribution in [2.45, 2.75) is 25.7 Å². The first-order chi connectivity index (χ1) is 8.21. The minimum absolute atomic E-state index is 0.0156. The molecule has 0 fully saturated rings. The summed E-state index contributed by atoms with van der Waals surface area (Å²) in [6.07, 6.45) is 1.87. The zero-order valence-corrected chi connectivity index (χ0v) is 13.5. The van der Waals surface area contributed by atoms with Gasteiger partial charge in [0.15, 0.2) is 0 Å². The maximum Gasteiger partial charge on any atom is 0.265 e. The Kier molecular flexibility index (Phi) is 5.25. The van der Waals surface area contributed by atoms with Crippen LogP contribution in [0.1, 0.15) is 19.4 Å². The van der Waals surface area contributed by atoms with E-state index in [-0.39, 0.29) is 4.90 Å². The molecule has 0 aromatic heterocycles. The van der Waals surface area contributed by atoms with Crippen molar-refractivity contribution in [3.8, 4) is 5.75 Å². The van der Waals surface area contributed by atoms with Gasteiger partial charge in [-0.2, -0.15) is 0 Å². The van der Waals surface area contributed by atoms with Gasteiger partial charge in [-0.15, -0.1) is 0 Å². The lowest BCUT2D eigenvalue weighted by Crippen LogP contribution is -2.02. The summed E-state index contributed by atoms with van der Waals surface area (Å²) in [6.45, 7) is 5.96. The molecule has 0 radical (unpaired) electrons. The van der Waals surface area contributed by atoms with E-state index in [9.17, 15) is 8.42 Å². The van der Waals surface area contributed by atoms with Gasteiger partial charge in [0, 0.05) is 15.2 Å². The van der Waals surface area contributed by atoms with E-state index in [0.29, 0.717) is 22.4 Å². The van der Waals surface area contributed by atoms with Crippen molar-refractivity contribution >= 4 is 35.7 Å². The normalized spacial score (nSPS) is 11.2. The molecule has 0 bridgehead atoms. The summed E-state index contributed by atoms with van der Waals surface area (Å²) in [5.41, 5.74) is 1.81. The Morgan fingerprint density at radius 2 is 2.06 bits per heavy atom. The highest BCUT2D eigenvalue weighted by Crippen LogP contribution is 2.33. The van der Waals surface area contributed by atoms with Crippen LogP contribution in [0.5, 0.6) is 5.75 Å². The molecule has 0 saturated heterocycles. The van der Waals surface area contributed by atoms with Crippen molar-refractivity contribution < 1.29 is 13.2 Å². The first kappa shape index (κ1) is 15.5. The highest BCUT2D eigenvalue weighted by molar-refractivity contribution is 9.10. The minimum Gasteiger partial charge on any atom is -0.488 e. The molecule has 0 aliphatic heterocycles. The van der Waals surface area contributed by atoms with Crippen LogP contribution in [0.4, 0.5) is 0 Å². The molecule has 0 saturated carbocycles. The molecule has 6 heteroatoms. The van der Waals surface area contributed by atoms with Crippen molar-refractivity contribution in [3.05, 3.63) is 33.8 Å². The molecule has 3 nitrogen and oxygen atoms in total. The van der Waals surface area contributed by atoms with Crippen molar-refractivity contribution in [3.63, 3.8) is 0 Å². The number of hydrogen-bond donors (Lipinski definition) is 0. The molecule has 0 amide bonds. The van der Waals surface area contributed by atoms with E-state index in [1.54, 1.807) is 13.0 Å². The second kappa shape index (κ2) is 6.08. The van der Waals surface area contributed by atoms with E-state index in [2.05, 4.69) is 15.9 Å². The largest absolute Gasteiger partial charge is 0.488 e. The van der Waals surface area contributed by atoms with E-state index in [1.807, 2.05) is 19.9 Å². The van der Waals surface area contributed by atoms with E-state index >= 15 is 0 Å². The maximum atomic E-state index is 11.5. The standard InChI is InChI=1S/C12H14BrClO3S/c1-8(2)4-5-17-12-9(3)6-10(13)7-11(12)18(14,15)16/h4,6-7H,5H2,1-3H3. The average molecular weight is 354 g/mol. The molecule has 1 rings (SSSR count). The number of aryl methyl sites for hydroxylation is 1. The Labute approximate surface area is 120 Å². The molecule has 100 valence electrons. The van der Waals surface area contributed by atoms with Gasteiger partial charge in [-0.1, -0.05) is 21.5 Å². The van der Waals surface area contributed by atoms with Crippen LogP contribution in [-0.2, 0) is 9.05 Å². The van der Waals surface area contributed by atoms with Crippen molar-refractivity contribution in [2.75, 3.05) is 6.61 Å². The van der Waals surface area contributed by atoms with Gasteiger partial charge in [0.1, 0.15) is 17.3 Å². The maximum absolute atomic E-state index is 11.5. The summed E-state index contributed by atoms with van der Waals surface area (Å²) in [7, 11) is 1.57. The van der Waals surface area contributed by atoms with Crippen molar-refractivity contribution in [1.82, 2.24) is 0 Å². The predicted molar refractivity (Wildman–Crippen MR) is 76.8 cm³/mol. The van der Waals surface area contributed by atoms with Crippen LogP contribution in [-0.4, -0.2) is 15.0 Å². The second-order valence-electron chi connectivity index (χ2n) is 4.08.